The maximum atomic E-state index is 10.3. The van der Waals surface area contributed by atoms with E-state index in [1.807, 2.05) is 0 Å². The Morgan fingerprint density at radius 3 is 3.36 bits per heavy atom. The zero-order valence-electron chi connectivity index (χ0n) is 5.56. The van der Waals surface area contributed by atoms with Crippen LogP contribution in [0.3, 0.4) is 0 Å². The molecule has 4 heteroatoms. The Balaban J connectivity index is 2.76. The van der Waals surface area contributed by atoms with Crippen molar-refractivity contribution in [1.29, 1.82) is 0 Å². The Bertz CT molecular complexity index is 393. The predicted molar refractivity (Wildman–Crippen MR) is 37.2 cm³/mol. The van der Waals surface area contributed by atoms with Gasteiger partial charge < -0.3 is 0 Å². The summed E-state index contributed by atoms with van der Waals surface area (Å²) in [4.78, 5) is 14.2. The first-order chi connectivity index (χ1) is 5.40. The van der Waals surface area contributed by atoms with Crippen LogP contribution in [0.5, 0.6) is 0 Å². The number of fused-ring (bicyclic) bond motifs is 1. The molecule has 0 aliphatic rings. The monoisotopic (exact) mass is 146 g/mol. The number of aromatic nitrogens is 3. The van der Waals surface area contributed by atoms with Crippen LogP contribution in [-0.4, -0.2) is 20.9 Å². The van der Waals surface area contributed by atoms with Gasteiger partial charge in [-0.1, -0.05) is 0 Å². The molecule has 0 aliphatic heterocycles. The van der Waals surface area contributed by atoms with Gasteiger partial charge in [0.05, 0.1) is 12.4 Å². The van der Waals surface area contributed by atoms with E-state index in [4.69, 9.17) is 0 Å². The minimum absolute atomic E-state index is 0.373. The maximum absolute atomic E-state index is 10.3. The number of hydrogen-bond acceptors (Lipinski definition) is 3. The van der Waals surface area contributed by atoms with Crippen LogP contribution in [0.4, 0.5) is 0 Å². The first kappa shape index (κ1) is 6.03. The highest BCUT2D eigenvalue weighted by molar-refractivity contribution is 5.72. The van der Waals surface area contributed by atoms with E-state index in [9.17, 15) is 4.79 Å². The molecule has 2 heterocycles. The third kappa shape index (κ3) is 0.881. The summed E-state index contributed by atoms with van der Waals surface area (Å²) in [6, 6.07) is 3.20. The van der Waals surface area contributed by atoms with Crippen LogP contribution in [-0.2, 0) is 0 Å². The summed E-state index contributed by atoms with van der Waals surface area (Å²) in [6.45, 7) is 0. The molecule has 4 nitrogen and oxygen atoms in total. The molecule has 0 bridgehead atoms. The lowest BCUT2D eigenvalue weighted by Gasteiger charge is -1.90. The fourth-order valence-corrected chi connectivity index (χ4v) is 0.833. The van der Waals surface area contributed by atoms with Crippen molar-refractivity contribution < 1.29 is 4.79 Å². The van der Waals surface area contributed by atoms with Crippen molar-refractivity contribution in [2.75, 3.05) is 0 Å². The third-order valence-corrected chi connectivity index (χ3v) is 1.32. The predicted octanol–water partition coefficient (Wildman–Crippen LogP) is 0.342. The molecular weight excluding hydrogens is 142 g/mol. The zero-order chi connectivity index (χ0) is 7.68. The minimum atomic E-state index is 0.373. The van der Waals surface area contributed by atoms with Gasteiger partial charge in [0, 0.05) is 6.07 Å². The maximum Gasteiger partial charge on any atom is 0.168 e. The summed E-state index contributed by atoms with van der Waals surface area (Å²) in [5, 5.41) is 3.88. The van der Waals surface area contributed by atoms with E-state index in [-0.39, 0.29) is 0 Å². The van der Waals surface area contributed by atoms with Gasteiger partial charge in [0.1, 0.15) is 5.69 Å². The summed E-state index contributed by atoms with van der Waals surface area (Å²) < 4.78 is 1.48. The molecule has 53 valence electrons. The van der Waals surface area contributed by atoms with Crippen molar-refractivity contribution >= 4 is 11.9 Å². The van der Waals surface area contributed by atoms with Gasteiger partial charge in [0.25, 0.3) is 0 Å². The molecule has 0 spiro atoms. The van der Waals surface area contributed by atoms with Crippen LogP contribution >= 0.6 is 0 Å². The van der Waals surface area contributed by atoms with Gasteiger partial charge in [-0.2, -0.15) is 5.10 Å². The largest absolute Gasteiger partial charge is 0.296 e. The molecule has 0 amide bonds. The molecule has 0 aliphatic carbocycles. The SMILES string of the molecule is O=Cc1c[c]n2nccc2n1. The first-order valence-corrected chi connectivity index (χ1v) is 3.08. The molecule has 0 saturated carbocycles. The molecule has 0 aromatic carbocycles. The average Bonchev–Trinajstić information content (AvgIpc) is 2.50. The van der Waals surface area contributed by atoms with E-state index >= 15 is 0 Å². The van der Waals surface area contributed by atoms with E-state index < -0.39 is 0 Å². The number of aldehydes is 1. The molecule has 2 rings (SSSR count). The van der Waals surface area contributed by atoms with Gasteiger partial charge in [0.2, 0.25) is 0 Å². The van der Waals surface area contributed by atoms with E-state index in [0.29, 0.717) is 17.6 Å². The molecule has 0 unspecified atom stereocenters. The Labute approximate surface area is 62.5 Å². The lowest BCUT2D eigenvalue weighted by Crippen LogP contribution is -1.93. The average molecular weight is 146 g/mol. The van der Waals surface area contributed by atoms with Gasteiger partial charge in [-0.15, -0.1) is 0 Å². The van der Waals surface area contributed by atoms with Gasteiger partial charge >= 0.3 is 0 Å². The molecule has 1 radical (unpaired) electrons. The summed E-state index contributed by atoms with van der Waals surface area (Å²) in [5.41, 5.74) is 1.01. The molecule has 2 aromatic rings. The van der Waals surface area contributed by atoms with E-state index in [2.05, 4.69) is 16.3 Å². The molecule has 0 fully saturated rings. The number of hydrogen-bond donors (Lipinski definition) is 0. The Morgan fingerprint density at radius 2 is 2.55 bits per heavy atom. The highest BCUT2D eigenvalue weighted by Crippen LogP contribution is 1.97. The third-order valence-electron chi connectivity index (χ3n) is 1.32. The number of rotatable bonds is 1. The van der Waals surface area contributed by atoms with Crippen molar-refractivity contribution in [3.8, 4) is 0 Å². The Kier molecular flexibility index (Phi) is 1.18. The van der Waals surface area contributed by atoms with E-state index in [0.717, 1.165) is 0 Å². The van der Waals surface area contributed by atoms with E-state index in [1.165, 1.54) is 10.6 Å². The van der Waals surface area contributed by atoms with E-state index in [1.54, 1.807) is 12.3 Å². The highest BCUT2D eigenvalue weighted by Gasteiger charge is 1.95. The summed E-state index contributed by atoms with van der Waals surface area (Å²) in [6.07, 6.45) is 5.05. The van der Waals surface area contributed by atoms with Crippen LogP contribution in [0.15, 0.2) is 18.3 Å². The molecule has 0 atom stereocenters. The van der Waals surface area contributed by atoms with Gasteiger partial charge in [-0.3, -0.25) is 4.79 Å². The fourth-order valence-electron chi connectivity index (χ4n) is 0.833. The normalized spacial score (nSPS) is 10.2. The van der Waals surface area contributed by atoms with Crippen LogP contribution in [0.25, 0.3) is 5.65 Å². The zero-order valence-corrected chi connectivity index (χ0v) is 5.56. The Hall–Kier alpha value is -1.71. The Morgan fingerprint density at radius 1 is 1.64 bits per heavy atom. The van der Waals surface area contributed by atoms with Crippen molar-refractivity contribution in [2.45, 2.75) is 0 Å². The number of nitrogens with zero attached hydrogens (tertiary/aromatic N) is 3. The second-order valence-corrected chi connectivity index (χ2v) is 2.03. The lowest BCUT2D eigenvalue weighted by atomic mass is 10.4. The second kappa shape index (κ2) is 2.16. The van der Waals surface area contributed by atoms with Crippen LogP contribution in [0, 0.1) is 6.20 Å². The molecule has 0 N–H and O–H groups in total. The summed E-state index contributed by atoms with van der Waals surface area (Å²) in [7, 11) is 0. The molecule has 0 saturated heterocycles. The van der Waals surface area contributed by atoms with Crippen molar-refractivity contribution in [3.63, 3.8) is 0 Å². The second-order valence-electron chi connectivity index (χ2n) is 2.03. The smallest absolute Gasteiger partial charge is 0.168 e. The minimum Gasteiger partial charge on any atom is -0.296 e. The van der Waals surface area contributed by atoms with Gasteiger partial charge in [0.15, 0.2) is 11.9 Å². The molecular formula is C7H4N3O. The standard InChI is InChI=1S/C7H4N3O/c11-5-6-2-4-10-7(9-6)1-3-8-10/h1-3,5H. The van der Waals surface area contributed by atoms with Gasteiger partial charge in [-0.25, -0.2) is 9.50 Å². The van der Waals surface area contributed by atoms with Crippen LogP contribution in [0.1, 0.15) is 10.5 Å². The molecule has 11 heavy (non-hydrogen) atoms. The topological polar surface area (TPSA) is 47.3 Å². The van der Waals surface area contributed by atoms with Crippen LogP contribution < -0.4 is 0 Å². The first-order valence-electron chi connectivity index (χ1n) is 3.08. The summed E-state index contributed by atoms with van der Waals surface area (Å²) in [5.74, 6) is 0. The number of carbonyl (C=O) groups excluding carboxylic acids is 1. The van der Waals surface area contributed by atoms with Crippen molar-refractivity contribution in [1.82, 2.24) is 14.6 Å². The quantitative estimate of drug-likeness (QED) is 0.545. The van der Waals surface area contributed by atoms with Gasteiger partial charge in [-0.05, 0) is 6.07 Å². The van der Waals surface area contributed by atoms with Crippen molar-refractivity contribution in [3.05, 3.63) is 30.2 Å². The lowest BCUT2D eigenvalue weighted by molar-refractivity contribution is 0.111. The van der Waals surface area contributed by atoms with Crippen LogP contribution in [0.2, 0.25) is 0 Å². The summed E-state index contributed by atoms with van der Waals surface area (Å²) >= 11 is 0. The molecule has 2 aromatic heterocycles. The number of carbonyl (C=O) groups is 1. The van der Waals surface area contributed by atoms with Crippen molar-refractivity contribution in [2.24, 2.45) is 0 Å². The fraction of sp³-hybridized carbons (Fsp3) is 0. The highest BCUT2D eigenvalue weighted by atomic mass is 16.1.